The van der Waals surface area contributed by atoms with Crippen LogP contribution in [0.3, 0.4) is 0 Å². The molecule has 1 fully saturated rings. The van der Waals surface area contributed by atoms with Gasteiger partial charge in [-0.1, -0.05) is 16.9 Å². The first-order chi connectivity index (χ1) is 8.17. The molecule has 0 amide bonds. The van der Waals surface area contributed by atoms with E-state index in [0.29, 0.717) is 5.04 Å². The molecule has 0 aliphatic carbocycles. The quantitative estimate of drug-likeness (QED) is 0.349. The largest absolute Gasteiger partial charge is 0.394 e. The maximum Gasteiger partial charge on any atom is 0.134 e. The van der Waals surface area contributed by atoms with Crippen LogP contribution in [0.2, 0.25) is 0 Å². The normalized spacial score (nSPS) is 40.4. The van der Waals surface area contributed by atoms with Crippen LogP contribution >= 0.6 is 11.8 Å². The van der Waals surface area contributed by atoms with Crippen LogP contribution in [0.15, 0.2) is 10.1 Å². The number of azide groups is 1. The van der Waals surface area contributed by atoms with Crippen LogP contribution in [0.25, 0.3) is 10.4 Å². The summed E-state index contributed by atoms with van der Waals surface area (Å²) in [5.74, 6) is 0. The number of nitrogens with zero attached hydrogens (tertiary/aromatic N) is 4. The Bertz CT molecular complexity index is 373. The van der Waals surface area contributed by atoms with Crippen LogP contribution in [0.1, 0.15) is 0 Å². The molecule has 2 heterocycles. The van der Waals surface area contributed by atoms with Gasteiger partial charge in [-0.05, 0) is 5.53 Å². The van der Waals surface area contributed by atoms with E-state index in [9.17, 15) is 10.2 Å². The number of thioether (sulfide) groups is 1. The summed E-state index contributed by atoms with van der Waals surface area (Å²) in [5, 5.41) is 32.4. The molecule has 5 atom stereocenters. The third-order valence-electron chi connectivity index (χ3n) is 2.66. The lowest BCUT2D eigenvalue weighted by Crippen LogP contribution is -2.55. The second-order valence-electron chi connectivity index (χ2n) is 3.73. The molecule has 0 aromatic rings. The number of aliphatic hydroxyl groups excluding tert-OH is 3. The number of rotatable bonds is 3. The molecule has 0 aromatic carbocycles. The third-order valence-corrected chi connectivity index (χ3v) is 3.79. The molecule has 8 nitrogen and oxygen atoms in total. The highest BCUT2D eigenvalue weighted by Gasteiger charge is 2.47. The number of hydrogen-bond acceptors (Lipinski definition) is 7. The molecular formula is C8H12N4O4S. The number of aliphatic imine (C=N–C) groups is 1. The van der Waals surface area contributed by atoms with E-state index in [2.05, 4.69) is 15.0 Å². The second-order valence-corrected chi connectivity index (χ2v) is 4.90. The summed E-state index contributed by atoms with van der Waals surface area (Å²) in [5.41, 5.74) is 7.75. The van der Waals surface area contributed by atoms with Crippen LogP contribution in [-0.2, 0) is 4.74 Å². The van der Waals surface area contributed by atoms with Crippen LogP contribution in [0.4, 0.5) is 0 Å². The van der Waals surface area contributed by atoms with Gasteiger partial charge in [-0.15, -0.1) is 0 Å². The standard InChI is InChI=1S/C8H12N4O4S/c9-12-10-1-4-11-5-7(15)6(14)3(2-13)16-8(5)17-4/h3,5-8,13-15H,1-2H2/t3-,5-,6-,7-,8-/m1/s1. The summed E-state index contributed by atoms with van der Waals surface area (Å²) in [4.78, 5) is 6.77. The lowest BCUT2D eigenvalue weighted by molar-refractivity contribution is -0.164. The van der Waals surface area contributed by atoms with Gasteiger partial charge in [-0.25, -0.2) is 0 Å². The second kappa shape index (κ2) is 5.21. The molecule has 2 rings (SSSR count). The number of ether oxygens (including phenoxy) is 1. The summed E-state index contributed by atoms with van der Waals surface area (Å²) in [6.45, 7) is -0.266. The van der Waals surface area contributed by atoms with Crippen molar-refractivity contribution in [2.45, 2.75) is 29.8 Å². The van der Waals surface area contributed by atoms with Crippen molar-refractivity contribution < 1.29 is 20.1 Å². The Morgan fingerprint density at radius 1 is 1.47 bits per heavy atom. The molecule has 2 aliphatic heterocycles. The Morgan fingerprint density at radius 3 is 2.88 bits per heavy atom. The van der Waals surface area contributed by atoms with Gasteiger partial charge < -0.3 is 20.1 Å². The highest BCUT2D eigenvalue weighted by atomic mass is 32.2. The molecule has 3 N–H and O–H groups in total. The lowest BCUT2D eigenvalue weighted by atomic mass is 9.99. The third kappa shape index (κ3) is 2.39. The van der Waals surface area contributed by atoms with Gasteiger partial charge in [0.05, 0.1) is 18.2 Å². The van der Waals surface area contributed by atoms with Crippen LogP contribution in [-0.4, -0.2) is 63.3 Å². The highest BCUT2D eigenvalue weighted by molar-refractivity contribution is 8.14. The van der Waals surface area contributed by atoms with Crippen molar-refractivity contribution in [3.05, 3.63) is 10.4 Å². The van der Waals surface area contributed by atoms with Gasteiger partial charge in [0.25, 0.3) is 0 Å². The fourth-order valence-electron chi connectivity index (χ4n) is 1.80. The van der Waals surface area contributed by atoms with E-state index < -0.39 is 29.8 Å². The molecule has 0 aromatic heterocycles. The number of hydrogen-bond donors (Lipinski definition) is 3. The molecule has 0 bridgehead atoms. The van der Waals surface area contributed by atoms with Gasteiger partial charge in [0.2, 0.25) is 0 Å². The van der Waals surface area contributed by atoms with Gasteiger partial charge >= 0.3 is 0 Å². The average Bonchev–Trinajstić information content (AvgIpc) is 2.74. The van der Waals surface area contributed by atoms with Gasteiger partial charge in [0.15, 0.2) is 0 Å². The van der Waals surface area contributed by atoms with Gasteiger partial charge in [0, 0.05) is 4.91 Å². The highest BCUT2D eigenvalue weighted by Crippen LogP contribution is 2.36. The Hall–Kier alpha value is -0.830. The predicted molar refractivity (Wildman–Crippen MR) is 60.6 cm³/mol. The molecule has 0 saturated carbocycles. The van der Waals surface area contributed by atoms with Crippen molar-refractivity contribution in [1.29, 1.82) is 0 Å². The van der Waals surface area contributed by atoms with E-state index in [1.54, 1.807) is 0 Å². The molecule has 94 valence electrons. The monoisotopic (exact) mass is 260 g/mol. The van der Waals surface area contributed by atoms with Crippen molar-refractivity contribution in [3.63, 3.8) is 0 Å². The van der Waals surface area contributed by atoms with E-state index in [1.807, 2.05) is 0 Å². The zero-order valence-electron chi connectivity index (χ0n) is 8.75. The van der Waals surface area contributed by atoms with Crippen molar-refractivity contribution in [1.82, 2.24) is 0 Å². The first-order valence-corrected chi connectivity index (χ1v) is 5.92. The summed E-state index contributed by atoms with van der Waals surface area (Å²) in [7, 11) is 0. The topological polar surface area (TPSA) is 131 Å². The summed E-state index contributed by atoms with van der Waals surface area (Å²) < 4.78 is 5.41. The Labute approximate surface area is 101 Å². The number of fused-ring (bicyclic) bond motifs is 1. The molecule has 0 radical (unpaired) electrons. The molecule has 9 heteroatoms. The van der Waals surface area contributed by atoms with E-state index in [0.717, 1.165) is 0 Å². The Kier molecular flexibility index (Phi) is 3.87. The Balaban J connectivity index is 2.09. The average molecular weight is 260 g/mol. The minimum Gasteiger partial charge on any atom is -0.394 e. The zero-order chi connectivity index (χ0) is 12.4. The molecular weight excluding hydrogens is 248 g/mol. The first-order valence-electron chi connectivity index (χ1n) is 5.04. The summed E-state index contributed by atoms with van der Waals surface area (Å²) >= 11 is 1.24. The Morgan fingerprint density at radius 2 is 2.24 bits per heavy atom. The molecule has 17 heavy (non-hydrogen) atoms. The van der Waals surface area contributed by atoms with Crippen LogP contribution in [0.5, 0.6) is 0 Å². The maximum atomic E-state index is 9.83. The van der Waals surface area contributed by atoms with Gasteiger partial charge in [0.1, 0.15) is 29.8 Å². The van der Waals surface area contributed by atoms with E-state index in [4.69, 9.17) is 15.4 Å². The lowest BCUT2D eigenvalue weighted by Gasteiger charge is -2.37. The van der Waals surface area contributed by atoms with Crippen LogP contribution < -0.4 is 0 Å². The number of aliphatic hydroxyl groups is 3. The van der Waals surface area contributed by atoms with E-state index >= 15 is 0 Å². The van der Waals surface area contributed by atoms with Gasteiger partial charge in [-0.2, -0.15) is 0 Å². The molecule has 1 saturated heterocycles. The molecule has 0 unspecified atom stereocenters. The molecule has 0 spiro atoms. The van der Waals surface area contributed by atoms with E-state index in [1.165, 1.54) is 11.8 Å². The van der Waals surface area contributed by atoms with Crippen LogP contribution in [0, 0.1) is 0 Å². The fraction of sp³-hybridized carbons (Fsp3) is 0.875. The van der Waals surface area contributed by atoms with Crippen molar-refractivity contribution in [2.75, 3.05) is 13.2 Å². The fourth-order valence-corrected chi connectivity index (χ4v) is 2.95. The summed E-state index contributed by atoms with van der Waals surface area (Å²) in [6, 6.07) is -0.582. The predicted octanol–water partition coefficient (Wildman–Crippen LogP) is -0.750. The molecule has 2 aliphatic rings. The van der Waals surface area contributed by atoms with E-state index in [-0.39, 0.29) is 13.2 Å². The van der Waals surface area contributed by atoms with Crippen molar-refractivity contribution in [2.24, 2.45) is 10.1 Å². The van der Waals surface area contributed by atoms with Crippen molar-refractivity contribution >= 4 is 16.8 Å². The first kappa shape index (κ1) is 12.6. The maximum absolute atomic E-state index is 9.83. The minimum atomic E-state index is -1.16. The smallest absolute Gasteiger partial charge is 0.134 e. The summed E-state index contributed by atoms with van der Waals surface area (Å²) in [6.07, 6.45) is -3.06. The van der Waals surface area contributed by atoms with Crippen molar-refractivity contribution in [3.8, 4) is 0 Å². The zero-order valence-corrected chi connectivity index (χ0v) is 9.56. The van der Waals surface area contributed by atoms with Gasteiger partial charge in [-0.3, -0.25) is 4.99 Å². The minimum absolute atomic E-state index is 0.101. The SMILES string of the molecule is [N-]=[N+]=NCC1=N[C@@H]2[C@@H](O)[C@H](O)[C@@H](CO)O[C@@H]2S1.